The SMILES string of the molecule is CNC1CC(N(C)CCC2CCNCC2)C1. The van der Waals surface area contributed by atoms with Crippen LogP contribution in [0.1, 0.15) is 32.1 Å². The molecule has 0 aromatic rings. The molecule has 0 unspecified atom stereocenters. The van der Waals surface area contributed by atoms with E-state index in [9.17, 15) is 0 Å². The molecular formula is C13H27N3. The topological polar surface area (TPSA) is 27.3 Å². The number of hydrogen-bond acceptors (Lipinski definition) is 3. The Hall–Kier alpha value is -0.120. The van der Waals surface area contributed by atoms with Gasteiger partial charge in [-0.15, -0.1) is 0 Å². The second-order valence-electron chi connectivity index (χ2n) is 5.57. The summed E-state index contributed by atoms with van der Waals surface area (Å²) in [5.74, 6) is 0.976. The fourth-order valence-electron chi connectivity index (χ4n) is 2.92. The van der Waals surface area contributed by atoms with E-state index in [1.807, 2.05) is 0 Å². The van der Waals surface area contributed by atoms with Crippen molar-refractivity contribution < 1.29 is 0 Å². The maximum atomic E-state index is 3.44. The largest absolute Gasteiger partial charge is 0.317 e. The molecule has 1 aliphatic heterocycles. The Kier molecular flexibility index (Phi) is 4.62. The molecule has 0 radical (unpaired) electrons. The van der Waals surface area contributed by atoms with E-state index in [-0.39, 0.29) is 0 Å². The van der Waals surface area contributed by atoms with Crippen LogP contribution in [-0.4, -0.2) is 50.7 Å². The summed E-state index contributed by atoms with van der Waals surface area (Å²) in [5, 5.41) is 6.80. The molecule has 16 heavy (non-hydrogen) atoms. The standard InChI is InChI=1S/C13H27N3/c1-14-12-9-13(10-12)16(2)8-5-11-3-6-15-7-4-11/h11-15H,3-10H2,1-2H3. The van der Waals surface area contributed by atoms with Gasteiger partial charge in [-0.3, -0.25) is 0 Å². The zero-order valence-electron chi connectivity index (χ0n) is 10.8. The first-order chi connectivity index (χ1) is 7.79. The van der Waals surface area contributed by atoms with Gasteiger partial charge in [0.05, 0.1) is 0 Å². The predicted octanol–water partition coefficient (Wildman–Crippen LogP) is 1.06. The molecule has 1 aliphatic carbocycles. The van der Waals surface area contributed by atoms with Gasteiger partial charge in [0.1, 0.15) is 0 Å². The quantitative estimate of drug-likeness (QED) is 0.732. The molecule has 1 heterocycles. The molecule has 0 atom stereocenters. The smallest absolute Gasteiger partial charge is 0.0122 e. The monoisotopic (exact) mass is 225 g/mol. The number of piperidine rings is 1. The highest BCUT2D eigenvalue weighted by atomic mass is 15.2. The van der Waals surface area contributed by atoms with Crippen molar-refractivity contribution in [2.45, 2.75) is 44.2 Å². The zero-order valence-corrected chi connectivity index (χ0v) is 10.8. The maximum Gasteiger partial charge on any atom is 0.0122 e. The molecule has 3 nitrogen and oxygen atoms in total. The van der Waals surface area contributed by atoms with Crippen LogP contribution < -0.4 is 10.6 Å². The van der Waals surface area contributed by atoms with E-state index in [0.29, 0.717) is 0 Å². The van der Waals surface area contributed by atoms with E-state index < -0.39 is 0 Å². The molecule has 2 aliphatic rings. The van der Waals surface area contributed by atoms with Crippen LogP contribution in [0, 0.1) is 5.92 Å². The van der Waals surface area contributed by atoms with E-state index in [1.54, 1.807) is 0 Å². The molecule has 3 heteroatoms. The maximum absolute atomic E-state index is 3.44. The van der Waals surface area contributed by atoms with Gasteiger partial charge in [0.2, 0.25) is 0 Å². The molecule has 1 saturated carbocycles. The third kappa shape index (κ3) is 3.19. The summed E-state index contributed by atoms with van der Waals surface area (Å²) < 4.78 is 0. The number of nitrogens with zero attached hydrogens (tertiary/aromatic N) is 1. The molecule has 0 bridgehead atoms. The molecule has 1 saturated heterocycles. The van der Waals surface area contributed by atoms with Crippen molar-refractivity contribution in [3.05, 3.63) is 0 Å². The number of rotatable bonds is 5. The lowest BCUT2D eigenvalue weighted by Crippen LogP contribution is -2.50. The molecule has 2 N–H and O–H groups in total. The van der Waals surface area contributed by atoms with E-state index >= 15 is 0 Å². The van der Waals surface area contributed by atoms with Gasteiger partial charge in [-0.2, -0.15) is 0 Å². The second kappa shape index (κ2) is 5.99. The minimum Gasteiger partial charge on any atom is -0.317 e. The van der Waals surface area contributed by atoms with Crippen molar-refractivity contribution in [3.63, 3.8) is 0 Å². The van der Waals surface area contributed by atoms with E-state index in [4.69, 9.17) is 0 Å². The van der Waals surface area contributed by atoms with Crippen LogP contribution in [0.2, 0.25) is 0 Å². The predicted molar refractivity (Wildman–Crippen MR) is 68.7 cm³/mol. The summed E-state index contributed by atoms with van der Waals surface area (Å²) in [5.41, 5.74) is 0. The van der Waals surface area contributed by atoms with Crippen molar-refractivity contribution in [2.24, 2.45) is 5.92 Å². The van der Waals surface area contributed by atoms with Crippen LogP contribution in [0.15, 0.2) is 0 Å². The summed E-state index contributed by atoms with van der Waals surface area (Å²) in [6.45, 7) is 3.77. The molecule has 0 spiro atoms. The van der Waals surface area contributed by atoms with Crippen molar-refractivity contribution in [3.8, 4) is 0 Å². The fraction of sp³-hybridized carbons (Fsp3) is 1.00. The van der Waals surface area contributed by atoms with Gasteiger partial charge in [-0.05, 0) is 71.8 Å². The summed E-state index contributed by atoms with van der Waals surface area (Å²) in [6, 6.07) is 1.63. The van der Waals surface area contributed by atoms with Crippen molar-refractivity contribution >= 4 is 0 Å². The highest BCUT2D eigenvalue weighted by molar-refractivity contribution is 4.90. The first kappa shape index (κ1) is 12.3. The van der Waals surface area contributed by atoms with Crippen LogP contribution in [0.5, 0.6) is 0 Å². The summed E-state index contributed by atoms with van der Waals surface area (Å²) in [7, 11) is 4.38. The van der Waals surface area contributed by atoms with Gasteiger partial charge in [0.25, 0.3) is 0 Å². The van der Waals surface area contributed by atoms with Crippen molar-refractivity contribution in [1.29, 1.82) is 0 Å². The van der Waals surface area contributed by atoms with Crippen LogP contribution in [0.4, 0.5) is 0 Å². The Bertz CT molecular complexity index is 195. The second-order valence-corrected chi connectivity index (χ2v) is 5.57. The third-order valence-electron chi connectivity index (χ3n) is 4.49. The molecule has 0 aromatic heterocycles. The summed E-state index contributed by atoms with van der Waals surface area (Å²) >= 11 is 0. The highest BCUT2D eigenvalue weighted by Gasteiger charge is 2.30. The van der Waals surface area contributed by atoms with Crippen LogP contribution in [0.25, 0.3) is 0 Å². The van der Waals surface area contributed by atoms with Crippen LogP contribution in [0.3, 0.4) is 0 Å². The Morgan fingerprint density at radius 1 is 1.25 bits per heavy atom. The Labute approximate surface area is 100.0 Å². The van der Waals surface area contributed by atoms with Gasteiger partial charge in [-0.25, -0.2) is 0 Å². The summed E-state index contributed by atoms with van der Waals surface area (Å²) in [6.07, 6.45) is 6.87. The molecule has 2 rings (SSSR count). The van der Waals surface area contributed by atoms with Crippen molar-refractivity contribution in [2.75, 3.05) is 33.7 Å². The molecule has 94 valence electrons. The lowest BCUT2D eigenvalue weighted by atomic mass is 9.85. The minimum atomic E-state index is 0.784. The molecule has 0 aromatic carbocycles. The van der Waals surface area contributed by atoms with Gasteiger partial charge >= 0.3 is 0 Å². The first-order valence-corrected chi connectivity index (χ1v) is 6.88. The lowest BCUT2D eigenvalue weighted by Gasteiger charge is -2.41. The highest BCUT2D eigenvalue weighted by Crippen LogP contribution is 2.25. The van der Waals surface area contributed by atoms with Crippen molar-refractivity contribution in [1.82, 2.24) is 15.5 Å². The minimum absolute atomic E-state index is 0.784. The molecule has 0 amide bonds. The van der Waals surface area contributed by atoms with Gasteiger partial charge < -0.3 is 15.5 Å². The van der Waals surface area contributed by atoms with Crippen LogP contribution in [-0.2, 0) is 0 Å². The number of hydrogen-bond donors (Lipinski definition) is 2. The third-order valence-corrected chi connectivity index (χ3v) is 4.49. The normalized spacial score (nSPS) is 31.7. The van der Waals surface area contributed by atoms with E-state index in [0.717, 1.165) is 18.0 Å². The van der Waals surface area contributed by atoms with Gasteiger partial charge in [0, 0.05) is 12.1 Å². The lowest BCUT2D eigenvalue weighted by molar-refractivity contribution is 0.116. The molecular weight excluding hydrogens is 198 g/mol. The average molecular weight is 225 g/mol. The van der Waals surface area contributed by atoms with Gasteiger partial charge in [-0.1, -0.05) is 0 Å². The first-order valence-electron chi connectivity index (χ1n) is 6.88. The van der Waals surface area contributed by atoms with E-state index in [2.05, 4.69) is 29.6 Å². The Morgan fingerprint density at radius 3 is 2.56 bits per heavy atom. The summed E-state index contributed by atoms with van der Waals surface area (Å²) in [4.78, 5) is 2.58. The Morgan fingerprint density at radius 2 is 1.94 bits per heavy atom. The zero-order chi connectivity index (χ0) is 11.4. The average Bonchev–Trinajstić information content (AvgIpc) is 2.26. The molecule has 2 fully saturated rings. The number of nitrogens with one attached hydrogen (secondary N) is 2. The van der Waals surface area contributed by atoms with Crippen LogP contribution >= 0.6 is 0 Å². The van der Waals surface area contributed by atoms with Gasteiger partial charge in [0.15, 0.2) is 0 Å². The Balaban J connectivity index is 1.58. The fourth-order valence-corrected chi connectivity index (χ4v) is 2.92. The van der Waals surface area contributed by atoms with E-state index in [1.165, 1.54) is 51.7 Å².